The number of likely N-dealkylation sites (N-methyl/N-ethyl adjacent to an activating group) is 1. The number of carbonyl (C=O) groups is 1. The monoisotopic (exact) mass is 438 g/mol. The quantitative estimate of drug-likeness (QED) is 0.361. The number of halogens is 1. The highest BCUT2D eigenvalue weighted by Gasteiger charge is 2.08. The van der Waals surface area contributed by atoms with E-state index >= 15 is 0 Å². The second-order valence-electron chi connectivity index (χ2n) is 5.21. The van der Waals surface area contributed by atoms with Gasteiger partial charge in [-0.15, -0.1) is 24.0 Å². The van der Waals surface area contributed by atoms with Gasteiger partial charge in [0.25, 0.3) is 0 Å². The van der Waals surface area contributed by atoms with Crippen molar-refractivity contribution in [3.63, 3.8) is 0 Å². The van der Waals surface area contributed by atoms with Gasteiger partial charge in [-0.25, -0.2) is 4.99 Å². The van der Waals surface area contributed by atoms with Crippen LogP contribution in [0.2, 0.25) is 0 Å². The molecule has 0 aliphatic heterocycles. The number of amides is 1. The highest BCUT2D eigenvalue weighted by molar-refractivity contribution is 14.0. The van der Waals surface area contributed by atoms with E-state index in [2.05, 4.69) is 15.6 Å². The van der Waals surface area contributed by atoms with Crippen LogP contribution in [0, 0.1) is 0 Å². The van der Waals surface area contributed by atoms with Gasteiger partial charge in [0.2, 0.25) is 5.91 Å². The normalized spacial score (nSPS) is 12.3. The van der Waals surface area contributed by atoms with Crippen LogP contribution < -0.4 is 10.6 Å². The van der Waals surface area contributed by atoms with E-state index < -0.39 is 0 Å². The third-order valence-corrected chi connectivity index (χ3v) is 2.91. The number of hydrogen-bond donors (Lipinski definition) is 2. The van der Waals surface area contributed by atoms with Gasteiger partial charge in [-0.1, -0.05) is 0 Å². The van der Waals surface area contributed by atoms with Crippen molar-refractivity contribution in [3.8, 4) is 0 Å². The molecule has 1 amide bonds. The molecule has 0 spiro atoms. The van der Waals surface area contributed by atoms with Crippen molar-refractivity contribution in [2.75, 3.05) is 40.9 Å². The van der Waals surface area contributed by atoms with E-state index in [1.165, 1.54) is 4.90 Å². The Bertz CT molecular complexity index is 463. The molecule has 1 unspecified atom stereocenters. The number of ether oxygens (including phenoxy) is 1. The van der Waals surface area contributed by atoms with E-state index in [-0.39, 0.29) is 42.5 Å². The number of methoxy groups -OCH3 is 1. The van der Waals surface area contributed by atoms with Crippen LogP contribution in [0.3, 0.4) is 0 Å². The topological polar surface area (TPSA) is 79.1 Å². The third-order valence-electron chi connectivity index (χ3n) is 2.91. The Morgan fingerprint density at radius 1 is 1.48 bits per heavy atom. The molecular weight excluding hydrogens is 411 g/mol. The summed E-state index contributed by atoms with van der Waals surface area (Å²) in [6.07, 6.45) is 2.40. The fraction of sp³-hybridized carbons (Fsp3) is 0.600. The lowest BCUT2D eigenvalue weighted by Crippen LogP contribution is -2.45. The number of aliphatic imine (C=N–C) groups is 1. The zero-order valence-corrected chi connectivity index (χ0v) is 16.5. The largest absolute Gasteiger partial charge is 0.469 e. The maximum atomic E-state index is 11.6. The zero-order chi connectivity index (χ0) is 16.4. The average Bonchev–Trinajstić information content (AvgIpc) is 2.97. The molecule has 2 N–H and O–H groups in total. The van der Waals surface area contributed by atoms with Crippen LogP contribution >= 0.6 is 24.0 Å². The zero-order valence-electron chi connectivity index (χ0n) is 14.2. The van der Waals surface area contributed by atoms with Crippen molar-refractivity contribution >= 4 is 35.8 Å². The van der Waals surface area contributed by atoms with Crippen LogP contribution in [-0.4, -0.2) is 63.7 Å². The molecule has 132 valence electrons. The molecule has 0 radical (unpaired) electrons. The first-order valence-corrected chi connectivity index (χ1v) is 7.29. The minimum atomic E-state index is -0.0495. The van der Waals surface area contributed by atoms with Crippen LogP contribution in [0.4, 0.5) is 0 Å². The molecule has 23 heavy (non-hydrogen) atoms. The van der Waals surface area contributed by atoms with Crippen LogP contribution in [0.5, 0.6) is 0 Å². The summed E-state index contributed by atoms with van der Waals surface area (Å²) < 4.78 is 10.4. The van der Waals surface area contributed by atoms with Crippen molar-refractivity contribution in [2.24, 2.45) is 4.99 Å². The van der Waals surface area contributed by atoms with E-state index in [1.807, 2.05) is 19.1 Å². The van der Waals surface area contributed by atoms with Gasteiger partial charge in [-0.05, 0) is 19.1 Å². The van der Waals surface area contributed by atoms with Gasteiger partial charge in [0.1, 0.15) is 12.3 Å². The standard InChI is InChI=1S/C15H26N4O3.HI/c1-12(11-21-4)18-15(17-10-14(20)19(2)3)16-8-7-13-6-5-9-22-13;/h5-6,9,12H,7-8,10-11H2,1-4H3,(H2,16,17,18);1H. The number of hydrogen-bond acceptors (Lipinski definition) is 4. The molecule has 8 heteroatoms. The predicted molar refractivity (Wildman–Crippen MR) is 101 cm³/mol. The Balaban J connectivity index is 0.00000484. The molecule has 1 heterocycles. The van der Waals surface area contributed by atoms with Crippen LogP contribution in [0.1, 0.15) is 12.7 Å². The second-order valence-corrected chi connectivity index (χ2v) is 5.21. The van der Waals surface area contributed by atoms with E-state index in [0.717, 1.165) is 12.2 Å². The molecule has 1 aromatic rings. The Morgan fingerprint density at radius 3 is 2.78 bits per heavy atom. The molecular formula is C15H27IN4O3. The number of nitrogens with one attached hydrogen (secondary N) is 2. The number of carbonyl (C=O) groups excluding carboxylic acids is 1. The Kier molecular flexibility index (Phi) is 11.5. The van der Waals surface area contributed by atoms with E-state index in [4.69, 9.17) is 9.15 Å². The first-order chi connectivity index (χ1) is 10.5. The van der Waals surface area contributed by atoms with Crippen molar-refractivity contribution in [2.45, 2.75) is 19.4 Å². The highest BCUT2D eigenvalue weighted by Crippen LogP contribution is 1.99. The molecule has 0 fully saturated rings. The lowest BCUT2D eigenvalue weighted by atomic mass is 10.3. The highest BCUT2D eigenvalue weighted by atomic mass is 127. The fourth-order valence-corrected chi connectivity index (χ4v) is 1.72. The van der Waals surface area contributed by atoms with Gasteiger partial charge in [0, 0.05) is 40.2 Å². The van der Waals surface area contributed by atoms with Crippen molar-refractivity contribution < 1.29 is 13.9 Å². The van der Waals surface area contributed by atoms with Crippen molar-refractivity contribution in [3.05, 3.63) is 24.2 Å². The van der Waals surface area contributed by atoms with Gasteiger partial charge in [0.15, 0.2) is 5.96 Å². The van der Waals surface area contributed by atoms with Gasteiger partial charge in [0.05, 0.1) is 12.9 Å². The second kappa shape index (κ2) is 12.2. The minimum absolute atomic E-state index is 0. The summed E-state index contributed by atoms with van der Waals surface area (Å²) in [6.45, 7) is 3.31. The average molecular weight is 438 g/mol. The molecule has 1 atom stereocenters. The summed E-state index contributed by atoms with van der Waals surface area (Å²) in [5.74, 6) is 1.44. The van der Waals surface area contributed by atoms with Gasteiger partial charge in [-0.2, -0.15) is 0 Å². The summed E-state index contributed by atoms with van der Waals surface area (Å²) in [7, 11) is 5.07. The third kappa shape index (κ3) is 9.44. The van der Waals surface area contributed by atoms with E-state index in [9.17, 15) is 4.79 Å². The molecule has 0 aliphatic rings. The first kappa shape index (κ1) is 21.7. The summed E-state index contributed by atoms with van der Waals surface area (Å²) in [5.41, 5.74) is 0. The summed E-state index contributed by atoms with van der Waals surface area (Å²) >= 11 is 0. The molecule has 0 saturated heterocycles. The fourth-order valence-electron chi connectivity index (χ4n) is 1.72. The van der Waals surface area contributed by atoms with Crippen molar-refractivity contribution in [1.29, 1.82) is 0 Å². The lowest BCUT2D eigenvalue weighted by molar-refractivity contribution is -0.127. The van der Waals surface area contributed by atoms with Gasteiger partial charge >= 0.3 is 0 Å². The summed E-state index contributed by atoms with van der Waals surface area (Å²) in [5, 5.41) is 6.40. The molecule has 7 nitrogen and oxygen atoms in total. The first-order valence-electron chi connectivity index (χ1n) is 7.29. The Hall–Kier alpha value is -1.29. The maximum absolute atomic E-state index is 11.6. The van der Waals surface area contributed by atoms with Crippen LogP contribution in [0.25, 0.3) is 0 Å². The summed E-state index contributed by atoms with van der Waals surface area (Å²) in [4.78, 5) is 17.5. The van der Waals surface area contributed by atoms with Crippen molar-refractivity contribution in [1.82, 2.24) is 15.5 Å². The maximum Gasteiger partial charge on any atom is 0.243 e. The van der Waals surface area contributed by atoms with E-state index in [0.29, 0.717) is 19.1 Å². The number of guanidine groups is 1. The van der Waals surface area contributed by atoms with E-state index in [1.54, 1.807) is 27.5 Å². The molecule has 1 rings (SSSR count). The molecule has 0 saturated carbocycles. The number of furan rings is 1. The molecule has 0 bridgehead atoms. The SMILES string of the molecule is COCC(C)NC(=NCC(=O)N(C)C)NCCc1ccco1.I. The lowest BCUT2D eigenvalue weighted by Gasteiger charge is -2.18. The predicted octanol–water partition coefficient (Wildman–Crippen LogP) is 1.10. The molecule has 0 aromatic carbocycles. The molecule has 1 aromatic heterocycles. The smallest absolute Gasteiger partial charge is 0.243 e. The number of nitrogens with zero attached hydrogens (tertiary/aromatic N) is 2. The van der Waals surface area contributed by atoms with Gasteiger partial charge in [-0.3, -0.25) is 4.79 Å². The number of rotatable bonds is 8. The van der Waals surface area contributed by atoms with Gasteiger partial charge < -0.3 is 24.7 Å². The minimum Gasteiger partial charge on any atom is -0.469 e. The Labute approximate surface area is 154 Å². The van der Waals surface area contributed by atoms with Crippen LogP contribution in [-0.2, 0) is 16.0 Å². The summed E-state index contributed by atoms with van der Waals surface area (Å²) in [6, 6.07) is 3.88. The Morgan fingerprint density at radius 2 is 2.22 bits per heavy atom. The molecule has 0 aliphatic carbocycles. The van der Waals surface area contributed by atoms with Crippen LogP contribution in [0.15, 0.2) is 27.8 Å².